The molecule has 0 aliphatic carbocycles. The summed E-state index contributed by atoms with van der Waals surface area (Å²) in [5.41, 5.74) is 1.22. The first-order chi connectivity index (χ1) is 7.60. The number of carbonyl (C=O) groups excluding carboxylic acids is 1. The van der Waals surface area contributed by atoms with Crippen LogP contribution in [-0.4, -0.2) is 12.5 Å². The van der Waals surface area contributed by atoms with Gasteiger partial charge < -0.3 is 4.90 Å². The molecule has 0 aliphatic heterocycles. The minimum absolute atomic E-state index is 0.101. The highest BCUT2D eigenvalue weighted by atomic mass is 19.1. The van der Waals surface area contributed by atoms with Gasteiger partial charge in [-0.3, -0.25) is 4.79 Å². The van der Waals surface area contributed by atoms with Crippen molar-refractivity contribution in [1.29, 1.82) is 0 Å². The minimum Gasteiger partial charge on any atom is -0.312 e. The summed E-state index contributed by atoms with van der Waals surface area (Å²) in [6, 6.07) is 4.99. The van der Waals surface area contributed by atoms with Crippen molar-refractivity contribution in [2.45, 2.75) is 39.7 Å². The van der Waals surface area contributed by atoms with Crippen LogP contribution < -0.4 is 4.90 Å². The molecule has 1 amide bonds. The zero-order valence-corrected chi connectivity index (χ0v) is 10.0. The fourth-order valence-corrected chi connectivity index (χ4v) is 1.72. The van der Waals surface area contributed by atoms with Crippen molar-refractivity contribution in [3.05, 3.63) is 29.6 Å². The Labute approximate surface area is 96.1 Å². The van der Waals surface area contributed by atoms with E-state index in [1.165, 1.54) is 6.07 Å². The first kappa shape index (κ1) is 12.7. The largest absolute Gasteiger partial charge is 0.312 e. The second kappa shape index (κ2) is 5.64. The van der Waals surface area contributed by atoms with E-state index in [0.717, 1.165) is 19.3 Å². The van der Waals surface area contributed by atoms with Gasteiger partial charge in [-0.15, -0.1) is 0 Å². The Kier molecular flexibility index (Phi) is 4.47. The van der Waals surface area contributed by atoms with Gasteiger partial charge in [-0.2, -0.15) is 0 Å². The molecule has 0 bridgehead atoms. The molecule has 1 unspecified atom stereocenters. The number of rotatable bonds is 5. The summed E-state index contributed by atoms with van der Waals surface area (Å²) in [7, 11) is 0. The molecule has 0 fully saturated rings. The van der Waals surface area contributed by atoms with Crippen LogP contribution >= 0.6 is 0 Å². The van der Waals surface area contributed by atoms with E-state index in [0.29, 0.717) is 11.3 Å². The summed E-state index contributed by atoms with van der Waals surface area (Å²) in [4.78, 5) is 12.6. The van der Waals surface area contributed by atoms with Crippen LogP contribution in [0.2, 0.25) is 0 Å². The van der Waals surface area contributed by atoms with Crippen LogP contribution in [0.5, 0.6) is 0 Å². The number of amides is 1. The second-order valence-corrected chi connectivity index (χ2v) is 4.08. The predicted octanol–water partition coefficient (Wildman–Crippen LogP) is 3.29. The number of hydrogen-bond acceptors (Lipinski definition) is 1. The van der Waals surface area contributed by atoms with Gasteiger partial charge in [-0.25, -0.2) is 4.39 Å². The standard InChI is InChI=1S/C13H18FNO/c1-4-5-11(3)15(9-16)12-7-6-10(2)13(14)8-12/h6-9,11H,4-5H2,1-3H3. The maximum atomic E-state index is 13.4. The average molecular weight is 223 g/mol. The molecule has 1 atom stereocenters. The topological polar surface area (TPSA) is 20.3 Å². The number of nitrogens with zero attached hydrogens (tertiary/aromatic N) is 1. The zero-order chi connectivity index (χ0) is 12.1. The molecular weight excluding hydrogens is 205 g/mol. The molecule has 2 nitrogen and oxygen atoms in total. The molecule has 1 rings (SSSR count). The lowest BCUT2D eigenvalue weighted by atomic mass is 10.1. The molecule has 0 aromatic heterocycles. The van der Waals surface area contributed by atoms with E-state index < -0.39 is 0 Å². The van der Waals surface area contributed by atoms with Crippen LogP contribution in [0.1, 0.15) is 32.3 Å². The first-order valence-corrected chi connectivity index (χ1v) is 5.60. The Morgan fingerprint density at radius 1 is 1.50 bits per heavy atom. The molecule has 0 spiro atoms. The fraction of sp³-hybridized carbons (Fsp3) is 0.462. The van der Waals surface area contributed by atoms with Crippen molar-refractivity contribution >= 4 is 12.1 Å². The predicted molar refractivity (Wildman–Crippen MR) is 64.1 cm³/mol. The SMILES string of the molecule is CCCC(C)N(C=O)c1ccc(C)c(F)c1. The Morgan fingerprint density at radius 2 is 2.19 bits per heavy atom. The van der Waals surface area contributed by atoms with Crippen molar-refractivity contribution in [3.63, 3.8) is 0 Å². The fourth-order valence-electron chi connectivity index (χ4n) is 1.72. The maximum absolute atomic E-state index is 13.4. The Balaban J connectivity index is 2.94. The molecule has 3 heteroatoms. The van der Waals surface area contributed by atoms with E-state index >= 15 is 0 Å². The van der Waals surface area contributed by atoms with Gasteiger partial charge in [-0.05, 0) is 38.0 Å². The summed E-state index contributed by atoms with van der Waals surface area (Å²) < 4.78 is 13.4. The highest BCUT2D eigenvalue weighted by molar-refractivity contribution is 5.75. The van der Waals surface area contributed by atoms with Crippen molar-refractivity contribution < 1.29 is 9.18 Å². The number of anilines is 1. The van der Waals surface area contributed by atoms with Gasteiger partial charge in [0.1, 0.15) is 5.82 Å². The van der Waals surface area contributed by atoms with E-state index in [2.05, 4.69) is 6.92 Å². The number of aryl methyl sites for hydroxylation is 1. The summed E-state index contributed by atoms with van der Waals surface area (Å²) >= 11 is 0. The third-order valence-electron chi connectivity index (χ3n) is 2.75. The van der Waals surface area contributed by atoms with Crippen molar-refractivity contribution in [3.8, 4) is 0 Å². The molecule has 0 heterocycles. The van der Waals surface area contributed by atoms with Crippen molar-refractivity contribution in [2.24, 2.45) is 0 Å². The second-order valence-electron chi connectivity index (χ2n) is 4.08. The van der Waals surface area contributed by atoms with Gasteiger partial charge in [0.2, 0.25) is 6.41 Å². The average Bonchev–Trinajstić information content (AvgIpc) is 2.25. The Bertz CT molecular complexity index is 365. The third kappa shape index (κ3) is 2.81. The molecule has 1 aromatic rings. The summed E-state index contributed by atoms with van der Waals surface area (Å²) in [6.45, 7) is 5.74. The van der Waals surface area contributed by atoms with E-state index in [-0.39, 0.29) is 11.9 Å². The number of halogens is 1. The molecule has 1 aromatic carbocycles. The summed E-state index contributed by atoms with van der Waals surface area (Å²) in [5.74, 6) is -0.270. The summed E-state index contributed by atoms with van der Waals surface area (Å²) in [6.07, 6.45) is 2.68. The normalized spacial score (nSPS) is 12.2. The molecule has 0 aliphatic rings. The number of benzene rings is 1. The lowest BCUT2D eigenvalue weighted by molar-refractivity contribution is -0.107. The van der Waals surface area contributed by atoms with Crippen LogP contribution in [-0.2, 0) is 4.79 Å². The Hall–Kier alpha value is -1.38. The number of hydrogen-bond donors (Lipinski definition) is 0. The van der Waals surface area contributed by atoms with Crippen molar-refractivity contribution in [1.82, 2.24) is 0 Å². The molecule has 0 saturated carbocycles. The van der Waals surface area contributed by atoms with Crippen LogP contribution in [0.4, 0.5) is 10.1 Å². The summed E-state index contributed by atoms with van der Waals surface area (Å²) in [5, 5.41) is 0. The van der Waals surface area contributed by atoms with E-state index in [9.17, 15) is 9.18 Å². The van der Waals surface area contributed by atoms with Crippen LogP contribution in [0.25, 0.3) is 0 Å². The van der Waals surface area contributed by atoms with Crippen molar-refractivity contribution in [2.75, 3.05) is 4.90 Å². The minimum atomic E-state index is -0.270. The van der Waals surface area contributed by atoms with Crippen LogP contribution in [0.3, 0.4) is 0 Å². The lowest BCUT2D eigenvalue weighted by Crippen LogP contribution is -2.31. The highest BCUT2D eigenvalue weighted by Crippen LogP contribution is 2.20. The van der Waals surface area contributed by atoms with Gasteiger partial charge in [0.05, 0.1) is 0 Å². The van der Waals surface area contributed by atoms with Gasteiger partial charge >= 0.3 is 0 Å². The van der Waals surface area contributed by atoms with Gasteiger partial charge in [0.15, 0.2) is 0 Å². The van der Waals surface area contributed by atoms with E-state index in [1.807, 2.05) is 6.92 Å². The monoisotopic (exact) mass is 223 g/mol. The Morgan fingerprint density at radius 3 is 2.69 bits per heavy atom. The molecule has 0 radical (unpaired) electrons. The molecule has 0 N–H and O–H groups in total. The van der Waals surface area contributed by atoms with Crippen LogP contribution in [0.15, 0.2) is 18.2 Å². The van der Waals surface area contributed by atoms with Gasteiger partial charge in [-0.1, -0.05) is 19.4 Å². The highest BCUT2D eigenvalue weighted by Gasteiger charge is 2.13. The zero-order valence-electron chi connectivity index (χ0n) is 10.0. The van der Waals surface area contributed by atoms with Gasteiger partial charge in [0, 0.05) is 11.7 Å². The number of carbonyl (C=O) groups is 1. The van der Waals surface area contributed by atoms with E-state index in [1.54, 1.807) is 24.0 Å². The third-order valence-corrected chi connectivity index (χ3v) is 2.75. The maximum Gasteiger partial charge on any atom is 0.214 e. The first-order valence-electron chi connectivity index (χ1n) is 5.60. The molecule has 0 saturated heterocycles. The van der Waals surface area contributed by atoms with Gasteiger partial charge in [0.25, 0.3) is 0 Å². The van der Waals surface area contributed by atoms with Crippen LogP contribution in [0, 0.1) is 12.7 Å². The molecular formula is C13H18FNO. The van der Waals surface area contributed by atoms with E-state index in [4.69, 9.17) is 0 Å². The molecule has 88 valence electrons. The smallest absolute Gasteiger partial charge is 0.214 e. The molecule has 16 heavy (non-hydrogen) atoms. The lowest BCUT2D eigenvalue weighted by Gasteiger charge is -2.25. The quantitative estimate of drug-likeness (QED) is 0.701.